The van der Waals surface area contributed by atoms with Crippen LogP contribution >= 0.6 is 0 Å². The van der Waals surface area contributed by atoms with Gasteiger partial charge >= 0.3 is 0 Å². The van der Waals surface area contributed by atoms with E-state index in [1.807, 2.05) is 0 Å². The summed E-state index contributed by atoms with van der Waals surface area (Å²) in [5.41, 5.74) is 0.676. The molecule has 0 amide bonds. The van der Waals surface area contributed by atoms with Gasteiger partial charge in [-0.25, -0.2) is 22.5 Å². The molecular weight excluding hydrogens is 293 g/mol. The normalized spacial score (nSPS) is 12.9. The van der Waals surface area contributed by atoms with Gasteiger partial charge in [0, 0.05) is 19.3 Å². The molecule has 0 aliphatic heterocycles. The molecule has 1 heterocycles. The Morgan fingerprint density at radius 1 is 1.19 bits per heavy atom. The molecule has 1 aromatic carbocycles. The molecule has 1 unspecified atom stereocenters. The molecule has 0 radical (unpaired) electrons. The number of nitrogens with one attached hydrogen (secondary N) is 2. The van der Waals surface area contributed by atoms with Crippen molar-refractivity contribution in [1.82, 2.24) is 9.71 Å². The Labute approximate surface area is 123 Å². The van der Waals surface area contributed by atoms with Gasteiger partial charge in [-0.2, -0.15) is 0 Å². The molecule has 1 aromatic heterocycles. The molecule has 0 fully saturated rings. The molecule has 5 nitrogen and oxygen atoms in total. The van der Waals surface area contributed by atoms with Crippen molar-refractivity contribution in [1.29, 1.82) is 0 Å². The average molecular weight is 309 g/mol. The van der Waals surface area contributed by atoms with Gasteiger partial charge in [0.05, 0.1) is 0 Å². The van der Waals surface area contributed by atoms with Gasteiger partial charge in [0.25, 0.3) is 0 Å². The van der Waals surface area contributed by atoms with Crippen molar-refractivity contribution in [2.24, 2.45) is 0 Å². The van der Waals surface area contributed by atoms with Gasteiger partial charge in [-0.05, 0) is 36.8 Å². The van der Waals surface area contributed by atoms with E-state index in [0.29, 0.717) is 5.56 Å². The van der Waals surface area contributed by atoms with Crippen LogP contribution in [0.3, 0.4) is 0 Å². The first-order chi connectivity index (χ1) is 9.94. The molecule has 2 rings (SSSR count). The number of nitrogens with zero attached hydrogens (tertiary/aromatic N) is 1. The van der Waals surface area contributed by atoms with Crippen LogP contribution < -0.4 is 10.0 Å². The lowest BCUT2D eigenvalue weighted by Crippen LogP contribution is -2.27. The summed E-state index contributed by atoms with van der Waals surface area (Å²) in [5.74, 6) is -0.0881. The summed E-state index contributed by atoms with van der Waals surface area (Å²) in [6.07, 6.45) is 1.51. The molecule has 7 heteroatoms. The molecule has 2 aromatic rings. The number of halogens is 1. The Bertz CT molecular complexity index is 717. The number of benzene rings is 1. The molecule has 112 valence electrons. The molecule has 0 saturated carbocycles. The Hall–Kier alpha value is -1.99. The topological polar surface area (TPSA) is 71.1 Å². The van der Waals surface area contributed by atoms with Crippen LogP contribution in [-0.4, -0.2) is 20.4 Å². The van der Waals surface area contributed by atoms with Crippen LogP contribution in [0.5, 0.6) is 0 Å². The minimum absolute atomic E-state index is 0.0708. The van der Waals surface area contributed by atoms with Crippen LogP contribution in [0.4, 0.5) is 10.2 Å². The van der Waals surface area contributed by atoms with Crippen LogP contribution in [0.15, 0.2) is 47.5 Å². The zero-order chi connectivity index (χ0) is 15.5. The lowest BCUT2D eigenvalue weighted by Gasteiger charge is -2.16. The number of anilines is 1. The molecular formula is C14H16FN3O2S. The summed E-state index contributed by atoms with van der Waals surface area (Å²) in [4.78, 5) is 4.05. The summed E-state index contributed by atoms with van der Waals surface area (Å²) >= 11 is 0. The second-order valence-electron chi connectivity index (χ2n) is 4.49. The average Bonchev–Trinajstić information content (AvgIpc) is 2.47. The number of aromatic nitrogens is 1. The first-order valence-electron chi connectivity index (χ1n) is 6.34. The van der Waals surface area contributed by atoms with Gasteiger partial charge in [0.1, 0.15) is 16.5 Å². The fourth-order valence-corrected chi connectivity index (χ4v) is 3.31. The van der Waals surface area contributed by atoms with Gasteiger partial charge < -0.3 is 5.32 Å². The molecule has 0 spiro atoms. The van der Waals surface area contributed by atoms with Crippen molar-refractivity contribution in [2.45, 2.75) is 17.9 Å². The molecule has 2 N–H and O–H groups in total. The standard InChI is InChI=1S/C14H16FN3O2S/c1-10(11-5-7-12(15)8-6-11)18-21(19,20)13-4-3-9-17-14(13)16-2/h3-10,18H,1-2H3,(H,16,17). The van der Waals surface area contributed by atoms with E-state index in [2.05, 4.69) is 15.0 Å². The van der Waals surface area contributed by atoms with Gasteiger partial charge in [0.15, 0.2) is 0 Å². The molecule has 0 aliphatic rings. The van der Waals surface area contributed by atoms with Gasteiger partial charge in [-0.1, -0.05) is 12.1 Å². The van der Waals surface area contributed by atoms with Crippen molar-refractivity contribution >= 4 is 15.8 Å². The molecule has 21 heavy (non-hydrogen) atoms. The summed E-state index contributed by atoms with van der Waals surface area (Å²) in [7, 11) is -2.13. The summed E-state index contributed by atoms with van der Waals surface area (Å²) in [6, 6.07) is 8.22. The van der Waals surface area contributed by atoms with Crippen molar-refractivity contribution < 1.29 is 12.8 Å². The van der Waals surface area contributed by atoms with Crippen LogP contribution in [0.2, 0.25) is 0 Å². The van der Waals surface area contributed by atoms with Crippen molar-refractivity contribution in [2.75, 3.05) is 12.4 Å². The molecule has 1 atom stereocenters. The zero-order valence-corrected chi connectivity index (χ0v) is 12.5. The van der Waals surface area contributed by atoms with Crippen molar-refractivity contribution in [3.8, 4) is 0 Å². The minimum Gasteiger partial charge on any atom is -0.372 e. The number of rotatable bonds is 5. The van der Waals surface area contributed by atoms with E-state index in [-0.39, 0.29) is 16.5 Å². The Morgan fingerprint density at radius 3 is 2.48 bits per heavy atom. The maximum atomic E-state index is 12.9. The molecule has 0 aliphatic carbocycles. The number of sulfonamides is 1. The minimum atomic E-state index is -3.73. The molecule has 0 saturated heterocycles. The highest BCUT2D eigenvalue weighted by atomic mass is 32.2. The highest BCUT2D eigenvalue weighted by molar-refractivity contribution is 7.89. The van der Waals surface area contributed by atoms with E-state index in [4.69, 9.17) is 0 Å². The van der Waals surface area contributed by atoms with E-state index in [0.717, 1.165) is 0 Å². The Kier molecular flexibility index (Phi) is 4.54. The summed E-state index contributed by atoms with van der Waals surface area (Å²) < 4.78 is 40.2. The Balaban J connectivity index is 2.26. The largest absolute Gasteiger partial charge is 0.372 e. The van der Waals surface area contributed by atoms with Crippen LogP contribution in [0, 0.1) is 5.82 Å². The van der Waals surface area contributed by atoms with Crippen LogP contribution in [-0.2, 0) is 10.0 Å². The monoisotopic (exact) mass is 309 g/mol. The predicted octanol–water partition coefficient (Wildman–Crippen LogP) is 2.30. The highest BCUT2D eigenvalue weighted by Gasteiger charge is 2.21. The SMILES string of the molecule is CNc1ncccc1S(=O)(=O)NC(C)c1ccc(F)cc1. The van der Waals surface area contributed by atoms with E-state index < -0.39 is 16.1 Å². The molecule has 0 bridgehead atoms. The third kappa shape index (κ3) is 3.56. The third-order valence-corrected chi connectivity index (χ3v) is 4.57. The maximum absolute atomic E-state index is 12.9. The lowest BCUT2D eigenvalue weighted by atomic mass is 10.1. The Morgan fingerprint density at radius 2 is 1.86 bits per heavy atom. The summed E-state index contributed by atoms with van der Waals surface area (Å²) in [5, 5.41) is 2.74. The smallest absolute Gasteiger partial charge is 0.244 e. The van der Waals surface area contributed by atoms with Crippen molar-refractivity contribution in [3.05, 3.63) is 54.0 Å². The van der Waals surface area contributed by atoms with E-state index in [1.54, 1.807) is 32.2 Å². The van der Waals surface area contributed by atoms with Gasteiger partial charge in [0.2, 0.25) is 10.0 Å². The second kappa shape index (κ2) is 6.19. The number of hydrogen-bond acceptors (Lipinski definition) is 4. The lowest BCUT2D eigenvalue weighted by molar-refractivity contribution is 0.566. The maximum Gasteiger partial charge on any atom is 0.244 e. The van der Waals surface area contributed by atoms with E-state index >= 15 is 0 Å². The highest BCUT2D eigenvalue weighted by Crippen LogP contribution is 2.21. The van der Waals surface area contributed by atoms with E-state index in [9.17, 15) is 12.8 Å². The van der Waals surface area contributed by atoms with Crippen LogP contribution in [0.25, 0.3) is 0 Å². The van der Waals surface area contributed by atoms with Gasteiger partial charge in [-0.15, -0.1) is 0 Å². The number of hydrogen-bond donors (Lipinski definition) is 2. The van der Waals surface area contributed by atoms with Crippen molar-refractivity contribution in [3.63, 3.8) is 0 Å². The fourth-order valence-electron chi connectivity index (χ4n) is 1.91. The van der Waals surface area contributed by atoms with Gasteiger partial charge in [-0.3, -0.25) is 0 Å². The van der Waals surface area contributed by atoms with E-state index in [1.165, 1.54) is 24.4 Å². The number of pyridine rings is 1. The predicted molar refractivity (Wildman–Crippen MR) is 78.9 cm³/mol. The van der Waals surface area contributed by atoms with Crippen LogP contribution in [0.1, 0.15) is 18.5 Å². The third-order valence-electron chi connectivity index (χ3n) is 3.00. The summed E-state index contributed by atoms with van der Waals surface area (Å²) in [6.45, 7) is 1.69. The quantitative estimate of drug-likeness (QED) is 0.889. The second-order valence-corrected chi connectivity index (χ2v) is 6.18. The first-order valence-corrected chi connectivity index (χ1v) is 7.83. The fraction of sp³-hybridized carbons (Fsp3) is 0.214. The first kappa shape index (κ1) is 15.4. The zero-order valence-electron chi connectivity index (χ0n) is 11.7.